The van der Waals surface area contributed by atoms with E-state index in [1.807, 2.05) is 48.5 Å². The zero-order chi connectivity index (χ0) is 17.6. The quantitative estimate of drug-likeness (QED) is 0.851. The molecule has 0 saturated heterocycles. The molecule has 130 valence electrons. The molecule has 25 heavy (non-hydrogen) atoms. The van der Waals surface area contributed by atoms with Crippen molar-refractivity contribution in [2.45, 2.75) is 31.6 Å². The molecule has 2 unspecified atom stereocenters. The lowest BCUT2D eigenvalue weighted by atomic mass is 9.82. The van der Waals surface area contributed by atoms with Crippen LogP contribution in [0.5, 0.6) is 0 Å². The van der Waals surface area contributed by atoms with Crippen LogP contribution in [0.15, 0.2) is 54.6 Å². The molecule has 0 aromatic heterocycles. The van der Waals surface area contributed by atoms with Crippen LogP contribution in [0, 0.1) is 5.92 Å². The maximum atomic E-state index is 12.6. The number of nitrogens with one attached hydrogen (secondary N) is 1. The van der Waals surface area contributed by atoms with E-state index in [9.17, 15) is 14.7 Å². The van der Waals surface area contributed by atoms with Gasteiger partial charge in [0.15, 0.2) is 0 Å². The predicted octanol–water partition coefficient (Wildman–Crippen LogP) is 3.17. The van der Waals surface area contributed by atoms with Crippen molar-refractivity contribution >= 4 is 11.9 Å². The van der Waals surface area contributed by atoms with Crippen LogP contribution in [0.25, 0.3) is 0 Å². The summed E-state index contributed by atoms with van der Waals surface area (Å²) < 4.78 is 0. The van der Waals surface area contributed by atoms with Gasteiger partial charge in [-0.25, -0.2) is 0 Å². The second kappa shape index (κ2) is 7.97. The molecular formula is C21H23NO3. The lowest BCUT2D eigenvalue weighted by molar-refractivity contribution is -0.141. The number of carbonyl (C=O) groups excluding carboxylic acids is 1. The molecule has 4 nitrogen and oxygen atoms in total. The summed E-state index contributed by atoms with van der Waals surface area (Å²) in [7, 11) is 0. The molecule has 0 aliphatic heterocycles. The van der Waals surface area contributed by atoms with Crippen molar-refractivity contribution in [3.63, 3.8) is 0 Å². The summed E-state index contributed by atoms with van der Waals surface area (Å²) in [6, 6.07) is 17.6. The summed E-state index contributed by atoms with van der Waals surface area (Å²) in [6.07, 6.45) is 3.23. The van der Waals surface area contributed by atoms with Crippen LogP contribution >= 0.6 is 0 Å². The number of carboxylic acid groups (broad SMARTS) is 1. The third-order valence-corrected chi connectivity index (χ3v) is 4.88. The molecule has 2 aromatic rings. The molecule has 2 aromatic carbocycles. The first-order chi connectivity index (χ1) is 12.1. The number of aliphatic carboxylic acids is 1. The number of benzene rings is 2. The van der Waals surface area contributed by atoms with E-state index in [2.05, 4.69) is 11.4 Å². The van der Waals surface area contributed by atoms with Gasteiger partial charge in [0.25, 0.3) is 0 Å². The molecule has 1 aliphatic carbocycles. The van der Waals surface area contributed by atoms with Crippen molar-refractivity contribution in [3.05, 3.63) is 71.3 Å². The van der Waals surface area contributed by atoms with E-state index in [0.29, 0.717) is 6.42 Å². The highest BCUT2D eigenvalue weighted by molar-refractivity contribution is 5.85. The summed E-state index contributed by atoms with van der Waals surface area (Å²) in [5, 5.41) is 12.3. The number of amides is 1. The minimum Gasteiger partial charge on any atom is -0.481 e. The molecule has 0 fully saturated rings. The van der Waals surface area contributed by atoms with Crippen molar-refractivity contribution in [2.24, 2.45) is 5.92 Å². The van der Waals surface area contributed by atoms with Crippen LogP contribution in [0.4, 0.5) is 0 Å². The molecule has 2 atom stereocenters. The summed E-state index contributed by atoms with van der Waals surface area (Å²) in [4.78, 5) is 24.2. The molecule has 2 N–H and O–H groups in total. The zero-order valence-corrected chi connectivity index (χ0v) is 14.2. The molecule has 1 aliphatic rings. The number of rotatable bonds is 6. The first-order valence-electron chi connectivity index (χ1n) is 8.77. The van der Waals surface area contributed by atoms with Crippen molar-refractivity contribution in [1.82, 2.24) is 5.32 Å². The zero-order valence-electron chi connectivity index (χ0n) is 14.2. The second-order valence-electron chi connectivity index (χ2n) is 6.61. The van der Waals surface area contributed by atoms with Crippen molar-refractivity contribution in [3.8, 4) is 0 Å². The summed E-state index contributed by atoms with van der Waals surface area (Å²) in [5.74, 6) is -1.74. The minimum absolute atomic E-state index is 0.0635. The molecule has 4 heteroatoms. The van der Waals surface area contributed by atoms with Crippen LogP contribution in [-0.2, 0) is 22.4 Å². The van der Waals surface area contributed by atoms with Crippen LogP contribution in [0.3, 0.4) is 0 Å². The van der Waals surface area contributed by atoms with Crippen molar-refractivity contribution in [2.75, 3.05) is 6.54 Å². The first kappa shape index (κ1) is 17.2. The summed E-state index contributed by atoms with van der Waals surface area (Å²) in [5.41, 5.74) is 3.28. The van der Waals surface area contributed by atoms with Gasteiger partial charge in [0.2, 0.25) is 5.91 Å². The monoisotopic (exact) mass is 337 g/mol. The van der Waals surface area contributed by atoms with Gasteiger partial charge in [-0.1, -0.05) is 54.6 Å². The van der Waals surface area contributed by atoms with E-state index >= 15 is 0 Å². The Hall–Kier alpha value is -2.62. The Morgan fingerprint density at radius 2 is 1.80 bits per heavy atom. The Labute approximate surface area is 147 Å². The molecule has 3 rings (SSSR count). The highest BCUT2D eigenvalue weighted by Gasteiger charge is 2.27. The van der Waals surface area contributed by atoms with Gasteiger partial charge in [0.1, 0.15) is 0 Å². The smallest absolute Gasteiger partial charge is 0.308 e. The van der Waals surface area contributed by atoms with Gasteiger partial charge in [-0.05, 0) is 42.4 Å². The SMILES string of the molecule is O=C(O)C(CNC(=O)C1CCCc2ccccc21)Cc1ccccc1. The first-order valence-corrected chi connectivity index (χ1v) is 8.77. The van der Waals surface area contributed by atoms with Crippen LogP contribution in [0.2, 0.25) is 0 Å². The van der Waals surface area contributed by atoms with Crippen LogP contribution in [0.1, 0.15) is 35.4 Å². The van der Waals surface area contributed by atoms with E-state index in [1.165, 1.54) is 5.56 Å². The van der Waals surface area contributed by atoms with E-state index in [4.69, 9.17) is 0 Å². The van der Waals surface area contributed by atoms with Crippen LogP contribution < -0.4 is 5.32 Å². The number of aryl methyl sites for hydroxylation is 1. The fourth-order valence-electron chi connectivity index (χ4n) is 3.52. The highest BCUT2D eigenvalue weighted by atomic mass is 16.4. The molecule has 1 amide bonds. The van der Waals surface area contributed by atoms with E-state index in [0.717, 1.165) is 30.4 Å². The average molecular weight is 337 g/mol. The van der Waals surface area contributed by atoms with Crippen molar-refractivity contribution < 1.29 is 14.7 Å². The van der Waals surface area contributed by atoms with Gasteiger partial charge in [-0.2, -0.15) is 0 Å². The van der Waals surface area contributed by atoms with E-state index in [1.54, 1.807) is 0 Å². The number of carboxylic acids is 1. The normalized spacial score (nSPS) is 17.4. The summed E-state index contributed by atoms with van der Waals surface area (Å²) in [6.45, 7) is 0.154. The summed E-state index contributed by atoms with van der Waals surface area (Å²) >= 11 is 0. The number of hydrogen-bond donors (Lipinski definition) is 2. The lowest BCUT2D eigenvalue weighted by Gasteiger charge is -2.25. The van der Waals surface area contributed by atoms with E-state index < -0.39 is 11.9 Å². The fraction of sp³-hybridized carbons (Fsp3) is 0.333. The minimum atomic E-state index is -0.881. The largest absolute Gasteiger partial charge is 0.481 e. The highest BCUT2D eigenvalue weighted by Crippen LogP contribution is 2.31. The molecule has 0 spiro atoms. The molecule has 0 radical (unpaired) electrons. The van der Waals surface area contributed by atoms with Gasteiger partial charge < -0.3 is 10.4 Å². The van der Waals surface area contributed by atoms with Gasteiger partial charge in [-0.15, -0.1) is 0 Å². The Kier molecular flexibility index (Phi) is 5.49. The van der Waals surface area contributed by atoms with Gasteiger partial charge >= 0.3 is 5.97 Å². The number of hydrogen-bond acceptors (Lipinski definition) is 2. The molecule has 0 saturated carbocycles. The molecule has 0 bridgehead atoms. The second-order valence-corrected chi connectivity index (χ2v) is 6.61. The molecule has 0 heterocycles. The van der Waals surface area contributed by atoms with Crippen LogP contribution in [-0.4, -0.2) is 23.5 Å². The number of fused-ring (bicyclic) bond motifs is 1. The maximum Gasteiger partial charge on any atom is 0.308 e. The molecular weight excluding hydrogens is 314 g/mol. The topological polar surface area (TPSA) is 66.4 Å². The Morgan fingerprint density at radius 3 is 2.56 bits per heavy atom. The van der Waals surface area contributed by atoms with Gasteiger partial charge in [-0.3, -0.25) is 9.59 Å². The standard InChI is InChI=1S/C21H23NO3/c23-20(19-12-6-10-16-9-4-5-11-18(16)19)22-14-17(21(24)25)13-15-7-2-1-3-8-15/h1-5,7-9,11,17,19H,6,10,12-14H2,(H,22,23)(H,24,25). The van der Waals surface area contributed by atoms with Crippen molar-refractivity contribution in [1.29, 1.82) is 0 Å². The van der Waals surface area contributed by atoms with Gasteiger partial charge in [0.05, 0.1) is 11.8 Å². The maximum absolute atomic E-state index is 12.6. The Morgan fingerprint density at radius 1 is 1.08 bits per heavy atom. The Balaban J connectivity index is 1.63. The third-order valence-electron chi connectivity index (χ3n) is 4.88. The van der Waals surface area contributed by atoms with Gasteiger partial charge in [0, 0.05) is 6.54 Å². The average Bonchev–Trinajstić information content (AvgIpc) is 2.65. The predicted molar refractivity (Wildman–Crippen MR) is 96.4 cm³/mol. The third kappa shape index (κ3) is 4.27. The van der Waals surface area contributed by atoms with E-state index in [-0.39, 0.29) is 18.4 Å². The number of carbonyl (C=O) groups is 2. The fourth-order valence-corrected chi connectivity index (χ4v) is 3.52. The lowest BCUT2D eigenvalue weighted by Crippen LogP contribution is -2.37. The Bertz CT molecular complexity index is 742.